The number of hydrogen-bond donors (Lipinski definition) is 0. The van der Waals surface area contributed by atoms with Crippen LogP contribution in [0.25, 0.3) is 0 Å². The number of nitrogens with zero attached hydrogens (tertiary/aromatic N) is 2. The number of likely N-dealkylation sites (tertiary alicyclic amines) is 1. The highest BCUT2D eigenvalue weighted by Crippen LogP contribution is 2.41. The Bertz CT molecular complexity index is 619. The van der Waals surface area contributed by atoms with Gasteiger partial charge < -0.3 is 9.47 Å². The number of aromatic nitrogens is 1. The number of ether oxygens (including phenoxy) is 2. The SMILES string of the molecule is c1cncc(OC[C@@]23CCO[C@@H]2CCN(Cc2cccs2)C3)c1. The van der Waals surface area contributed by atoms with Gasteiger partial charge in [0.05, 0.1) is 18.9 Å². The molecule has 0 saturated carbocycles. The van der Waals surface area contributed by atoms with E-state index < -0.39 is 0 Å². The fraction of sp³-hybridized carbons (Fsp3) is 0.500. The van der Waals surface area contributed by atoms with Gasteiger partial charge in [-0.1, -0.05) is 6.07 Å². The van der Waals surface area contributed by atoms with E-state index in [4.69, 9.17) is 9.47 Å². The lowest BCUT2D eigenvalue weighted by Gasteiger charge is -2.43. The van der Waals surface area contributed by atoms with E-state index in [0.717, 1.165) is 44.8 Å². The predicted molar refractivity (Wildman–Crippen MR) is 90.7 cm³/mol. The van der Waals surface area contributed by atoms with Crippen molar-refractivity contribution in [2.24, 2.45) is 5.41 Å². The molecule has 0 radical (unpaired) electrons. The standard InChI is InChI=1S/C18H22N2O2S/c1-3-15(11-19-7-1)22-14-18-6-9-21-17(18)5-8-20(13-18)12-16-4-2-10-23-16/h1-4,7,10-11,17H,5-6,8-9,12-14H2/t17-,18+/m1/s1. The lowest BCUT2D eigenvalue weighted by Crippen LogP contribution is -2.52. The Morgan fingerprint density at radius 3 is 3.22 bits per heavy atom. The molecule has 0 amide bonds. The van der Waals surface area contributed by atoms with Gasteiger partial charge in [-0.25, -0.2) is 0 Å². The molecule has 4 nitrogen and oxygen atoms in total. The van der Waals surface area contributed by atoms with Gasteiger partial charge >= 0.3 is 0 Å². The molecule has 2 atom stereocenters. The summed E-state index contributed by atoms with van der Waals surface area (Å²) in [4.78, 5) is 8.13. The van der Waals surface area contributed by atoms with Crippen LogP contribution in [0.5, 0.6) is 5.75 Å². The van der Waals surface area contributed by atoms with Crippen LogP contribution in [0.4, 0.5) is 0 Å². The summed E-state index contributed by atoms with van der Waals surface area (Å²) in [6.07, 6.45) is 6.07. The number of thiophene rings is 1. The van der Waals surface area contributed by atoms with Crippen molar-refractivity contribution < 1.29 is 9.47 Å². The molecule has 2 fully saturated rings. The smallest absolute Gasteiger partial charge is 0.137 e. The molecule has 2 aliphatic rings. The molecule has 2 aromatic heterocycles. The van der Waals surface area contributed by atoms with Gasteiger partial charge in [0, 0.05) is 42.7 Å². The summed E-state index contributed by atoms with van der Waals surface area (Å²) in [5.41, 5.74) is 0.116. The molecule has 23 heavy (non-hydrogen) atoms. The maximum Gasteiger partial charge on any atom is 0.137 e. The van der Waals surface area contributed by atoms with E-state index in [1.807, 2.05) is 23.5 Å². The van der Waals surface area contributed by atoms with Crippen molar-refractivity contribution in [1.29, 1.82) is 0 Å². The van der Waals surface area contributed by atoms with Crippen LogP contribution in [0, 0.1) is 5.41 Å². The first-order valence-corrected chi connectivity index (χ1v) is 9.11. The van der Waals surface area contributed by atoms with Crippen LogP contribution >= 0.6 is 11.3 Å². The minimum absolute atomic E-state index is 0.116. The van der Waals surface area contributed by atoms with Crippen molar-refractivity contribution in [1.82, 2.24) is 9.88 Å². The molecule has 2 aromatic rings. The van der Waals surface area contributed by atoms with E-state index in [1.54, 1.807) is 12.4 Å². The second kappa shape index (κ2) is 6.59. The summed E-state index contributed by atoms with van der Waals surface area (Å²) in [5, 5.41) is 2.15. The summed E-state index contributed by atoms with van der Waals surface area (Å²) >= 11 is 1.84. The average molecular weight is 330 g/mol. The summed E-state index contributed by atoms with van der Waals surface area (Å²) in [6, 6.07) is 8.24. The lowest BCUT2D eigenvalue weighted by molar-refractivity contribution is -0.0411. The molecule has 0 aliphatic carbocycles. The van der Waals surface area contributed by atoms with Crippen LogP contribution in [-0.2, 0) is 11.3 Å². The van der Waals surface area contributed by atoms with E-state index in [0.29, 0.717) is 12.7 Å². The topological polar surface area (TPSA) is 34.6 Å². The minimum Gasteiger partial charge on any atom is -0.491 e. The average Bonchev–Trinajstić information content (AvgIpc) is 3.23. The van der Waals surface area contributed by atoms with Crippen LogP contribution < -0.4 is 4.74 Å². The molecular formula is C18H22N2O2S. The van der Waals surface area contributed by atoms with E-state index in [2.05, 4.69) is 27.4 Å². The normalized spacial score (nSPS) is 27.7. The second-order valence-electron chi connectivity index (χ2n) is 6.53. The van der Waals surface area contributed by atoms with Gasteiger partial charge in [0.15, 0.2) is 0 Å². The maximum atomic E-state index is 6.07. The van der Waals surface area contributed by atoms with Crippen LogP contribution in [0.2, 0.25) is 0 Å². The molecule has 0 N–H and O–H groups in total. The van der Waals surface area contributed by atoms with Gasteiger partial charge in [0.2, 0.25) is 0 Å². The van der Waals surface area contributed by atoms with Gasteiger partial charge in [-0.05, 0) is 36.4 Å². The van der Waals surface area contributed by atoms with E-state index in [-0.39, 0.29) is 5.41 Å². The van der Waals surface area contributed by atoms with Gasteiger partial charge in [-0.3, -0.25) is 9.88 Å². The van der Waals surface area contributed by atoms with Crippen molar-refractivity contribution in [3.63, 3.8) is 0 Å². The predicted octanol–water partition coefficient (Wildman–Crippen LogP) is 3.20. The molecule has 122 valence electrons. The summed E-state index contributed by atoms with van der Waals surface area (Å²) in [6.45, 7) is 4.77. The number of rotatable bonds is 5. The lowest BCUT2D eigenvalue weighted by atomic mass is 9.77. The first kappa shape index (κ1) is 15.1. The number of pyridine rings is 1. The highest BCUT2D eigenvalue weighted by atomic mass is 32.1. The van der Waals surface area contributed by atoms with Crippen molar-refractivity contribution in [2.75, 3.05) is 26.3 Å². The number of hydrogen-bond acceptors (Lipinski definition) is 5. The first-order chi connectivity index (χ1) is 11.3. The highest BCUT2D eigenvalue weighted by Gasteiger charge is 2.48. The van der Waals surface area contributed by atoms with Crippen LogP contribution in [0.1, 0.15) is 17.7 Å². The van der Waals surface area contributed by atoms with Crippen LogP contribution in [-0.4, -0.2) is 42.3 Å². The first-order valence-electron chi connectivity index (χ1n) is 8.23. The summed E-state index contributed by atoms with van der Waals surface area (Å²) in [7, 11) is 0. The summed E-state index contributed by atoms with van der Waals surface area (Å²) < 4.78 is 12.1. The maximum absolute atomic E-state index is 6.07. The molecule has 0 unspecified atom stereocenters. The molecule has 0 aromatic carbocycles. The Kier molecular flexibility index (Phi) is 4.33. The zero-order valence-electron chi connectivity index (χ0n) is 13.2. The third-order valence-electron chi connectivity index (χ3n) is 4.97. The Hall–Kier alpha value is -1.43. The van der Waals surface area contributed by atoms with E-state index >= 15 is 0 Å². The monoisotopic (exact) mass is 330 g/mol. The molecule has 4 heterocycles. The van der Waals surface area contributed by atoms with Gasteiger partial charge in [0.25, 0.3) is 0 Å². The quantitative estimate of drug-likeness (QED) is 0.843. The fourth-order valence-electron chi connectivity index (χ4n) is 3.77. The third-order valence-corrected chi connectivity index (χ3v) is 5.83. The van der Waals surface area contributed by atoms with E-state index in [1.165, 1.54) is 4.88 Å². The fourth-order valence-corrected chi connectivity index (χ4v) is 4.51. The van der Waals surface area contributed by atoms with Gasteiger partial charge in [0.1, 0.15) is 5.75 Å². The molecule has 0 spiro atoms. The molecule has 2 saturated heterocycles. The number of piperidine rings is 1. The van der Waals surface area contributed by atoms with Crippen molar-refractivity contribution >= 4 is 11.3 Å². The third kappa shape index (κ3) is 3.27. The van der Waals surface area contributed by atoms with E-state index in [9.17, 15) is 0 Å². The Balaban J connectivity index is 1.44. The zero-order valence-corrected chi connectivity index (χ0v) is 14.0. The second-order valence-corrected chi connectivity index (χ2v) is 7.56. The van der Waals surface area contributed by atoms with Crippen molar-refractivity contribution in [3.8, 4) is 5.75 Å². The minimum atomic E-state index is 0.116. The number of fused-ring (bicyclic) bond motifs is 1. The molecule has 2 aliphatic heterocycles. The molecular weight excluding hydrogens is 308 g/mol. The largest absolute Gasteiger partial charge is 0.491 e. The zero-order chi connectivity index (χ0) is 15.5. The Morgan fingerprint density at radius 2 is 2.39 bits per heavy atom. The Labute approximate surface area is 141 Å². The van der Waals surface area contributed by atoms with Gasteiger partial charge in [-0.15, -0.1) is 11.3 Å². The Morgan fingerprint density at radius 1 is 1.39 bits per heavy atom. The molecule has 0 bridgehead atoms. The van der Waals surface area contributed by atoms with Crippen molar-refractivity contribution in [3.05, 3.63) is 46.9 Å². The van der Waals surface area contributed by atoms with Crippen LogP contribution in [0.3, 0.4) is 0 Å². The van der Waals surface area contributed by atoms with Crippen molar-refractivity contribution in [2.45, 2.75) is 25.5 Å². The molecule has 5 heteroatoms. The highest BCUT2D eigenvalue weighted by molar-refractivity contribution is 7.09. The molecule has 4 rings (SSSR count). The summed E-state index contributed by atoms with van der Waals surface area (Å²) in [5.74, 6) is 0.850. The van der Waals surface area contributed by atoms with Crippen LogP contribution in [0.15, 0.2) is 42.0 Å². The van der Waals surface area contributed by atoms with Gasteiger partial charge in [-0.2, -0.15) is 0 Å².